The smallest absolute Gasteiger partial charge is 0.159 e. The Morgan fingerprint density at radius 1 is 0.210 bits per heavy atom. The molecule has 0 saturated heterocycles. The van der Waals surface area contributed by atoms with Gasteiger partial charge in [-0.3, -0.25) is 0 Å². The second kappa shape index (κ2) is 29.1. The molecule has 3 heteroatoms. The highest BCUT2D eigenvalue weighted by atomic mass is 16.3. The third-order valence-electron chi connectivity index (χ3n) is 27.7. The van der Waals surface area contributed by atoms with Crippen LogP contribution in [0.2, 0.25) is 0 Å². The zero-order valence-electron chi connectivity index (χ0n) is 69.9. The second-order valence-corrected chi connectivity index (χ2v) is 35.0. The fraction of sp³-hybridized carbons (Fsp3) is 0.0744. The second-order valence-electron chi connectivity index (χ2n) is 35.0. The van der Waals surface area contributed by atoms with Crippen LogP contribution in [0.5, 0.6) is 0 Å². The molecule has 1 atom stereocenters. The van der Waals surface area contributed by atoms with Gasteiger partial charge in [0.25, 0.3) is 0 Å². The molecule has 588 valence electrons. The molecule has 1 unspecified atom stereocenters. The van der Waals surface area contributed by atoms with E-state index >= 15 is 0 Å². The lowest BCUT2D eigenvalue weighted by Gasteiger charge is -2.34. The predicted octanol–water partition coefficient (Wildman–Crippen LogP) is 32.3. The van der Waals surface area contributed by atoms with Gasteiger partial charge in [0.05, 0.1) is 16.8 Å². The van der Waals surface area contributed by atoms with E-state index in [1.807, 2.05) is 6.07 Å². The first-order valence-corrected chi connectivity index (χ1v) is 43.4. The van der Waals surface area contributed by atoms with Crippen molar-refractivity contribution in [1.29, 1.82) is 0 Å². The Morgan fingerprint density at radius 2 is 0.589 bits per heavy atom. The number of fused-ring (bicyclic) bond motifs is 16. The average molecular weight is 1590 g/mol. The number of para-hydroxylation sites is 3. The summed E-state index contributed by atoms with van der Waals surface area (Å²) in [6, 6.07) is 163. The highest BCUT2D eigenvalue weighted by Gasteiger charge is 2.48. The Morgan fingerprint density at radius 3 is 1.22 bits per heavy atom. The predicted molar refractivity (Wildman–Crippen MR) is 519 cm³/mol. The van der Waals surface area contributed by atoms with E-state index < -0.39 is 5.41 Å². The van der Waals surface area contributed by atoms with Crippen molar-refractivity contribution in [3.8, 4) is 89.0 Å². The topological polar surface area (TPSA) is 19.6 Å². The highest BCUT2D eigenvalue weighted by Crippen LogP contribution is 2.61. The van der Waals surface area contributed by atoms with Crippen LogP contribution in [0.1, 0.15) is 95.8 Å². The van der Waals surface area contributed by atoms with Crippen LogP contribution in [0.4, 0.5) is 34.1 Å². The third-order valence-corrected chi connectivity index (χ3v) is 27.7. The van der Waals surface area contributed by atoms with Gasteiger partial charge in [0, 0.05) is 55.3 Å². The van der Waals surface area contributed by atoms with Crippen LogP contribution in [0.3, 0.4) is 0 Å². The minimum Gasteiger partial charge on any atom is -0.454 e. The van der Waals surface area contributed by atoms with Crippen molar-refractivity contribution in [1.82, 2.24) is 0 Å². The molecule has 0 aliphatic heterocycles. The molecule has 0 N–H and O–H groups in total. The molecule has 20 aromatic rings. The molecule has 0 radical (unpaired) electrons. The number of anilines is 6. The van der Waals surface area contributed by atoms with Gasteiger partial charge < -0.3 is 14.2 Å². The molecule has 0 spiro atoms. The Kier molecular flexibility index (Phi) is 17.3. The molecule has 0 amide bonds. The maximum atomic E-state index is 6.73. The molecule has 1 heterocycles. The summed E-state index contributed by atoms with van der Waals surface area (Å²) in [5, 5.41) is 4.59. The number of benzene rings is 19. The summed E-state index contributed by atoms with van der Waals surface area (Å²) in [6.45, 7) is 11.8. The molecule has 4 aliphatic carbocycles. The molecular formula is C121H88N2O. The van der Waals surface area contributed by atoms with Crippen LogP contribution < -0.4 is 9.80 Å². The van der Waals surface area contributed by atoms with Crippen LogP contribution in [0.15, 0.2) is 447 Å². The Labute approximate surface area is 725 Å². The van der Waals surface area contributed by atoms with Gasteiger partial charge in [-0.05, 0) is 235 Å². The van der Waals surface area contributed by atoms with E-state index in [9.17, 15) is 0 Å². The minimum atomic E-state index is -0.447. The highest BCUT2D eigenvalue weighted by molar-refractivity contribution is 6.11. The van der Waals surface area contributed by atoms with E-state index in [1.54, 1.807) is 0 Å². The summed E-state index contributed by atoms with van der Waals surface area (Å²) < 4.78 is 6.73. The Hall–Kier alpha value is -15.2. The van der Waals surface area contributed by atoms with Crippen molar-refractivity contribution in [3.63, 3.8) is 0 Å². The fourth-order valence-electron chi connectivity index (χ4n) is 21.7. The van der Waals surface area contributed by atoms with E-state index in [-0.39, 0.29) is 16.2 Å². The largest absolute Gasteiger partial charge is 0.454 e. The standard InChI is InChI=1S/C62H43NO.C59H45N/c1-61(2)53-26-12-9-21-48(53)49-36-35-46(39-56(49)61)63(57-29-16-25-51-50-22-11-14-30-58(50)64-60(51)57)45-34-33-40-37-42(32-31-41(40)38-45)47-24-15-28-55-59(47)52-23-10-13-27-54(52)62(55,43-17-5-3-6-18-43)44-19-7-4-8-20-44;1-58(2)52-25-13-10-22-49(52)50-38-37-46(39-55(50)58)60(45-35-33-41(34-36-45)40-17-6-4-7-18-40)56-28-15-12-21-47(56)42-29-31-43(32-30-42)48-24-16-27-54-57(48)51-23-11-14-26-53(51)59(54,3)44-19-8-5-9-20-44/h3-39H,1-2H3;4-39H,1-3H3. The van der Waals surface area contributed by atoms with Gasteiger partial charge in [-0.1, -0.05) is 398 Å². The van der Waals surface area contributed by atoms with Crippen molar-refractivity contribution in [2.45, 2.75) is 56.3 Å². The van der Waals surface area contributed by atoms with Gasteiger partial charge in [-0.25, -0.2) is 0 Å². The third kappa shape index (κ3) is 11.5. The SMILES string of the molecule is CC1(C)c2ccccc2-c2ccc(N(c3ccc(-c4ccccc4)cc3)c3ccccc3-c3ccc(-c4cccc5c4-c4ccccc4C5(C)c4ccccc4)cc3)cc21.CC1(C)c2ccccc2-c2ccc(N(c3ccc4cc(-c5cccc6c5-c5ccccc5C6(c5ccccc5)c5ccccc5)ccc4c3)c3cccc4c3oc3ccccc34)cc21. The quantitative estimate of drug-likeness (QED) is 0.115. The molecule has 19 aromatic carbocycles. The van der Waals surface area contributed by atoms with E-state index in [4.69, 9.17) is 4.42 Å². The van der Waals surface area contributed by atoms with E-state index in [2.05, 4.69) is 481 Å². The van der Waals surface area contributed by atoms with E-state index in [1.165, 1.54) is 161 Å². The van der Waals surface area contributed by atoms with Crippen LogP contribution in [-0.4, -0.2) is 0 Å². The monoisotopic (exact) mass is 1580 g/mol. The normalized spacial score (nSPS) is 14.7. The Bertz CT molecular complexity index is 7570. The van der Waals surface area contributed by atoms with E-state index in [0.717, 1.165) is 56.1 Å². The average Bonchev–Trinajstić information content (AvgIpc) is 1.62. The lowest BCUT2D eigenvalue weighted by Crippen LogP contribution is -2.28. The first-order valence-electron chi connectivity index (χ1n) is 43.4. The fourth-order valence-corrected chi connectivity index (χ4v) is 21.7. The molecule has 124 heavy (non-hydrogen) atoms. The summed E-state index contributed by atoms with van der Waals surface area (Å²) >= 11 is 0. The van der Waals surface area contributed by atoms with Gasteiger partial charge in [0.2, 0.25) is 0 Å². The summed E-state index contributed by atoms with van der Waals surface area (Å²) in [6.07, 6.45) is 0. The van der Waals surface area contributed by atoms with Crippen molar-refractivity contribution >= 4 is 66.8 Å². The first kappa shape index (κ1) is 73.9. The number of hydrogen-bond acceptors (Lipinski definition) is 3. The van der Waals surface area contributed by atoms with Crippen LogP contribution in [-0.2, 0) is 21.7 Å². The van der Waals surface area contributed by atoms with Crippen LogP contribution >= 0.6 is 0 Å². The molecule has 3 nitrogen and oxygen atoms in total. The van der Waals surface area contributed by atoms with Crippen molar-refractivity contribution in [2.75, 3.05) is 9.80 Å². The van der Waals surface area contributed by atoms with Crippen LogP contribution in [0.25, 0.3) is 122 Å². The van der Waals surface area contributed by atoms with Gasteiger partial charge in [-0.15, -0.1) is 0 Å². The maximum Gasteiger partial charge on any atom is 0.159 e. The van der Waals surface area contributed by atoms with Gasteiger partial charge >= 0.3 is 0 Å². The zero-order chi connectivity index (χ0) is 83.0. The molecule has 0 saturated carbocycles. The summed E-state index contributed by atoms with van der Waals surface area (Å²) in [5.74, 6) is 0. The van der Waals surface area contributed by atoms with E-state index in [0.29, 0.717) is 0 Å². The van der Waals surface area contributed by atoms with Crippen molar-refractivity contribution in [3.05, 3.63) is 504 Å². The van der Waals surface area contributed by atoms with Crippen LogP contribution in [0, 0.1) is 0 Å². The first-order chi connectivity index (χ1) is 60.9. The number of nitrogens with zero attached hydrogens (tertiary/aromatic N) is 2. The molecule has 0 fully saturated rings. The molecule has 0 bridgehead atoms. The molecular weight excluding hydrogens is 1500 g/mol. The zero-order valence-corrected chi connectivity index (χ0v) is 69.9. The summed E-state index contributed by atoms with van der Waals surface area (Å²) in [4.78, 5) is 4.84. The number of rotatable bonds is 13. The Balaban J connectivity index is 0.000000144. The number of hydrogen-bond donors (Lipinski definition) is 0. The molecule has 24 rings (SSSR count). The van der Waals surface area contributed by atoms with Gasteiger partial charge in [-0.2, -0.15) is 0 Å². The minimum absolute atomic E-state index is 0.114. The van der Waals surface area contributed by atoms with Crippen molar-refractivity contribution in [2.24, 2.45) is 0 Å². The molecule has 1 aromatic heterocycles. The van der Waals surface area contributed by atoms with Gasteiger partial charge in [0.1, 0.15) is 5.58 Å². The lowest BCUT2D eigenvalue weighted by molar-refractivity contribution is 0.660. The van der Waals surface area contributed by atoms with Gasteiger partial charge in [0.15, 0.2) is 5.58 Å². The molecule has 4 aliphatic rings. The summed E-state index contributed by atoms with van der Waals surface area (Å²) in [5.41, 5.74) is 42.3. The summed E-state index contributed by atoms with van der Waals surface area (Å²) in [7, 11) is 0. The number of furan rings is 1. The maximum absolute atomic E-state index is 6.73. The van der Waals surface area contributed by atoms with Crippen molar-refractivity contribution < 1.29 is 4.42 Å². The lowest BCUT2D eigenvalue weighted by atomic mass is 9.67.